The number of rotatable bonds is 4. The second-order valence-electron chi connectivity index (χ2n) is 7.20. The molecule has 0 radical (unpaired) electrons. The van der Waals surface area contributed by atoms with Crippen molar-refractivity contribution in [3.05, 3.63) is 23.0 Å². The molecule has 0 amide bonds. The third-order valence-corrected chi connectivity index (χ3v) is 4.57. The molecule has 1 atom stereocenters. The van der Waals surface area contributed by atoms with E-state index in [0.29, 0.717) is 6.61 Å². The Kier molecular flexibility index (Phi) is 4.12. The molecule has 0 aliphatic carbocycles. The van der Waals surface area contributed by atoms with E-state index in [1.165, 1.54) is 0 Å². The number of hydrogen-bond donors (Lipinski definition) is 0. The van der Waals surface area contributed by atoms with Crippen molar-refractivity contribution in [3.63, 3.8) is 0 Å². The lowest BCUT2D eigenvalue weighted by molar-refractivity contribution is -0.0787. The van der Waals surface area contributed by atoms with Crippen LogP contribution in [0.3, 0.4) is 0 Å². The first-order valence-corrected chi connectivity index (χ1v) is 13.9. The van der Waals surface area contributed by atoms with Crippen molar-refractivity contribution in [1.82, 2.24) is 4.98 Å². The highest BCUT2D eigenvalue weighted by Gasteiger charge is 2.34. The summed E-state index contributed by atoms with van der Waals surface area (Å²) >= 11 is 0. The van der Waals surface area contributed by atoms with Gasteiger partial charge in [-0.2, -0.15) is 0 Å². The maximum absolute atomic E-state index is 6.25. The molecule has 4 nitrogen and oxygen atoms in total. The van der Waals surface area contributed by atoms with E-state index in [9.17, 15) is 0 Å². The van der Waals surface area contributed by atoms with Crippen LogP contribution in [0.25, 0.3) is 0 Å². The van der Waals surface area contributed by atoms with Gasteiger partial charge in [-0.25, -0.2) is 0 Å². The Morgan fingerprint density at radius 3 is 2.35 bits per heavy atom. The van der Waals surface area contributed by atoms with E-state index >= 15 is 0 Å². The SMILES string of the molecule is Cc1ncc2c(c1O[Si](C)(C)C)C(O[Si](C)(C)C)OC2. The van der Waals surface area contributed by atoms with Gasteiger partial charge in [0.1, 0.15) is 5.75 Å². The van der Waals surface area contributed by atoms with Crippen LogP contribution in [0.2, 0.25) is 39.3 Å². The standard InChI is InChI=1S/C14H25NO3Si2/c1-10-13(17-19(2,3)4)12-11(8-15-10)9-16-14(12)18-20(5,6)7/h8,14H,9H2,1-7H3. The zero-order valence-corrected chi connectivity index (χ0v) is 15.5. The Morgan fingerprint density at radius 1 is 1.15 bits per heavy atom. The fraction of sp³-hybridized carbons (Fsp3) is 0.643. The zero-order chi connectivity index (χ0) is 15.1. The molecule has 1 unspecified atom stereocenters. The summed E-state index contributed by atoms with van der Waals surface area (Å²) < 4.78 is 18.2. The number of aryl methyl sites for hydroxylation is 1. The first-order chi connectivity index (χ1) is 9.07. The monoisotopic (exact) mass is 311 g/mol. The van der Waals surface area contributed by atoms with Crippen molar-refractivity contribution in [2.75, 3.05) is 0 Å². The van der Waals surface area contributed by atoms with E-state index in [2.05, 4.69) is 44.3 Å². The first kappa shape index (κ1) is 15.7. The van der Waals surface area contributed by atoms with E-state index in [1.54, 1.807) is 0 Å². The number of aromatic nitrogens is 1. The molecule has 1 aromatic heterocycles. The number of nitrogens with zero attached hydrogens (tertiary/aromatic N) is 1. The summed E-state index contributed by atoms with van der Waals surface area (Å²) in [6.45, 7) is 15.6. The predicted molar refractivity (Wildman–Crippen MR) is 84.9 cm³/mol. The molecule has 0 aromatic carbocycles. The molecular formula is C14H25NO3Si2. The third kappa shape index (κ3) is 3.69. The summed E-state index contributed by atoms with van der Waals surface area (Å²) in [4.78, 5) is 4.44. The lowest BCUT2D eigenvalue weighted by Crippen LogP contribution is -2.32. The molecule has 6 heteroatoms. The van der Waals surface area contributed by atoms with Gasteiger partial charge in [-0.15, -0.1) is 0 Å². The molecule has 112 valence electrons. The lowest BCUT2D eigenvalue weighted by Gasteiger charge is -2.27. The molecule has 2 rings (SSSR count). The van der Waals surface area contributed by atoms with Gasteiger partial charge in [0.2, 0.25) is 8.32 Å². The predicted octanol–water partition coefficient (Wildman–Crippen LogP) is 3.98. The van der Waals surface area contributed by atoms with Gasteiger partial charge >= 0.3 is 0 Å². The summed E-state index contributed by atoms with van der Waals surface area (Å²) in [5.74, 6) is 0.877. The number of hydrogen-bond acceptors (Lipinski definition) is 4. The topological polar surface area (TPSA) is 40.6 Å². The van der Waals surface area contributed by atoms with Gasteiger partial charge in [-0.3, -0.25) is 4.98 Å². The van der Waals surface area contributed by atoms with Crippen molar-refractivity contribution in [3.8, 4) is 5.75 Å². The van der Waals surface area contributed by atoms with Gasteiger partial charge in [-0.05, 0) is 46.2 Å². The van der Waals surface area contributed by atoms with Crippen molar-refractivity contribution >= 4 is 16.6 Å². The summed E-state index contributed by atoms with van der Waals surface area (Å²) in [6, 6.07) is 0. The van der Waals surface area contributed by atoms with Crippen LogP contribution in [0.4, 0.5) is 0 Å². The molecule has 1 aliphatic heterocycles. The van der Waals surface area contributed by atoms with Gasteiger partial charge in [0, 0.05) is 11.8 Å². The molecule has 1 aliphatic rings. The molecule has 0 bridgehead atoms. The van der Waals surface area contributed by atoms with E-state index < -0.39 is 16.6 Å². The maximum Gasteiger partial charge on any atom is 0.242 e. The summed E-state index contributed by atoms with van der Waals surface area (Å²) in [7, 11) is -3.38. The largest absolute Gasteiger partial charge is 0.543 e. The van der Waals surface area contributed by atoms with Gasteiger partial charge in [-0.1, -0.05) is 0 Å². The second kappa shape index (κ2) is 5.25. The molecule has 2 heterocycles. The lowest BCUT2D eigenvalue weighted by atomic mass is 10.1. The van der Waals surface area contributed by atoms with Crippen LogP contribution in [0.15, 0.2) is 6.20 Å². The van der Waals surface area contributed by atoms with Crippen LogP contribution in [0, 0.1) is 6.92 Å². The highest BCUT2D eigenvalue weighted by Crippen LogP contribution is 2.41. The number of fused-ring (bicyclic) bond motifs is 1. The van der Waals surface area contributed by atoms with E-state index in [0.717, 1.165) is 22.6 Å². The Balaban J connectivity index is 2.41. The molecule has 0 spiro atoms. The molecule has 0 N–H and O–H groups in total. The van der Waals surface area contributed by atoms with Crippen molar-refractivity contribution in [2.45, 2.75) is 59.1 Å². The quantitative estimate of drug-likeness (QED) is 0.789. The number of ether oxygens (including phenoxy) is 1. The van der Waals surface area contributed by atoms with Crippen LogP contribution in [0.1, 0.15) is 23.1 Å². The molecular weight excluding hydrogens is 286 g/mol. The maximum atomic E-state index is 6.25. The average molecular weight is 312 g/mol. The molecule has 20 heavy (non-hydrogen) atoms. The van der Waals surface area contributed by atoms with Gasteiger partial charge in [0.05, 0.1) is 17.9 Å². The summed E-state index contributed by atoms with van der Waals surface area (Å²) in [6.07, 6.45) is 1.58. The Labute approximate surface area is 123 Å². The van der Waals surface area contributed by atoms with Crippen LogP contribution < -0.4 is 4.43 Å². The second-order valence-corrected chi connectivity index (χ2v) is 16.1. The van der Waals surface area contributed by atoms with Crippen LogP contribution >= 0.6 is 0 Å². The van der Waals surface area contributed by atoms with Gasteiger partial charge in [0.25, 0.3) is 0 Å². The molecule has 1 aromatic rings. The Morgan fingerprint density at radius 2 is 1.80 bits per heavy atom. The minimum atomic E-state index is -1.70. The van der Waals surface area contributed by atoms with E-state index in [4.69, 9.17) is 13.6 Å². The minimum absolute atomic E-state index is 0.301. The van der Waals surface area contributed by atoms with Crippen molar-refractivity contribution in [2.24, 2.45) is 0 Å². The van der Waals surface area contributed by atoms with Crippen LogP contribution in [-0.4, -0.2) is 21.6 Å². The Bertz CT molecular complexity index is 506. The summed E-state index contributed by atoms with van der Waals surface area (Å²) in [5, 5.41) is 0. The molecule has 0 saturated carbocycles. The summed E-state index contributed by atoms with van der Waals surface area (Å²) in [5.41, 5.74) is 3.07. The van der Waals surface area contributed by atoms with Crippen molar-refractivity contribution in [1.29, 1.82) is 0 Å². The molecule has 0 fully saturated rings. The average Bonchev–Trinajstić information content (AvgIpc) is 2.62. The van der Waals surface area contributed by atoms with E-state index in [1.807, 2.05) is 13.1 Å². The fourth-order valence-corrected chi connectivity index (χ4v) is 3.81. The highest BCUT2D eigenvalue weighted by atomic mass is 28.4. The smallest absolute Gasteiger partial charge is 0.242 e. The zero-order valence-electron chi connectivity index (χ0n) is 13.5. The van der Waals surface area contributed by atoms with E-state index in [-0.39, 0.29) is 6.29 Å². The van der Waals surface area contributed by atoms with Gasteiger partial charge in [0.15, 0.2) is 14.6 Å². The number of pyridine rings is 1. The normalized spacial score (nSPS) is 19.1. The first-order valence-electron chi connectivity index (χ1n) is 7.04. The van der Waals surface area contributed by atoms with Crippen LogP contribution in [0.5, 0.6) is 5.75 Å². The highest BCUT2D eigenvalue weighted by molar-refractivity contribution is 6.70. The Hall–Kier alpha value is -0.696. The minimum Gasteiger partial charge on any atom is -0.543 e. The third-order valence-electron chi connectivity index (χ3n) is 2.83. The van der Waals surface area contributed by atoms with Crippen LogP contribution in [-0.2, 0) is 15.8 Å². The van der Waals surface area contributed by atoms with Gasteiger partial charge < -0.3 is 13.6 Å². The van der Waals surface area contributed by atoms with Crippen molar-refractivity contribution < 1.29 is 13.6 Å². The fourth-order valence-electron chi connectivity index (χ4n) is 2.11. The molecule has 0 saturated heterocycles.